The van der Waals surface area contributed by atoms with Crippen LogP contribution in [0.2, 0.25) is 0 Å². The van der Waals surface area contributed by atoms with Crippen LogP contribution in [0, 0.1) is 6.92 Å². The van der Waals surface area contributed by atoms with Gasteiger partial charge in [-0.2, -0.15) is 0 Å². The van der Waals surface area contributed by atoms with Gasteiger partial charge in [-0.05, 0) is 37.0 Å². The SMILES string of the molecule is Cc1c[nH]c2ccc(CCCC(=O)O)c(O)c12. The number of phenols is 1. The van der Waals surface area contributed by atoms with Gasteiger partial charge in [-0.15, -0.1) is 0 Å². The van der Waals surface area contributed by atoms with E-state index in [9.17, 15) is 9.90 Å². The number of hydrogen-bond acceptors (Lipinski definition) is 2. The molecule has 1 aromatic carbocycles. The lowest BCUT2D eigenvalue weighted by Crippen LogP contribution is -1.96. The molecule has 90 valence electrons. The number of aryl methyl sites for hydroxylation is 2. The van der Waals surface area contributed by atoms with E-state index in [4.69, 9.17) is 5.11 Å². The van der Waals surface area contributed by atoms with E-state index in [2.05, 4.69) is 4.98 Å². The van der Waals surface area contributed by atoms with E-state index in [1.165, 1.54) is 0 Å². The summed E-state index contributed by atoms with van der Waals surface area (Å²) in [6.07, 6.45) is 3.10. The number of benzene rings is 1. The third-order valence-corrected chi connectivity index (χ3v) is 2.94. The Hall–Kier alpha value is -1.97. The molecule has 0 atom stereocenters. The van der Waals surface area contributed by atoms with Crippen LogP contribution in [0.15, 0.2) is 18.3 Å². The van der Waals surface area contributed by atoms with Crippen LogP contribution in [0.4, 0.5) is 0 Å². The van der Waals surface area contributed by atoms with Crippen LogP contribution in [-0.2, 0) is 11.2 Å². The minimum absolute atomic E-state index is 0.129. The molecule has 0 bridgehead atoms. The summed E-state index contributed by atoms with van der Waals surface area (Å²) >= 11 is 0. The van der Waals surface area contributed by atoms with Crippen molar-refractivity contribution in [2.75, 3.05) is 0 Å². The van der Waals surface area contributed by atoms with Gasteiger partial charge in [0.1, 0.15) is 5.75 Å². The van der Waals surface area contributed by atoms with E-state index in [1.807, 2.05) is 25.3 Å². The number of H-pyrrole nitrogens is 1. The summed E-state index contributed by atoms with van der Waals surface area (Å²) in [6.45, 7) is 1.93. The molecule has 0 unspecified atom stereocenters. The average Bonchev–Trinajstić information content (AvgIpc) is 2.64. The first-order valence-electron chi connectivity index (χ1n) is 5.60. The van der Waals surface area contributed by atoms with E-state index in [-0.39, 0.29) is 12.2 Å². The third-order valence-electron chi connectivity index (χ3n) is 2.94. The Labute approximate surface area is 98.9 Å². The molecule has 2 aromatic rings. The molecule has 0 aliphatic carbocycles. The summed E-state index contributed by atoms with van der Waals surface area (Å²) in [5.74, 6) is -0.532. The van der Waals surface area contributed by atoms with Gasteiger partial charge < -0.3 is 15.2 Å². The number of hydrogen-bond donors (Lipinski definition) is 3. The molecule has 0 aliphatic rings. The first kappa shape index (κ1) is 11.5. The second kappa shape index (κ2) is 4.49. The highest BCUT2D eigenvalue weighted by Gasteiger charge is 2.10. The molecule has 4 heteroatoms. The molecular formula is C13H15NO3. The van der Waals surface area contributed by atoms with Crippen molar-refractivity contribution in [1.29, 1.82) is 0 Å². The van der Waals surface area contributed by atoms with Crippen molar-refractivity contribution >= 4 is 16.9 Å². The highest BCUT2D eigenvalue weighted by molar-refractivity contribution is 5.90. The van der Waals surface area contributed by atoms with Gasteiger partial charge in [-0.3, -0.25) is 4.79 Å². The second-order valence-electron chi connectivity index (χ2n) is 4.21. The molecule has 0 saturated carbocycles. The largest absolute Gasteiger partial charge is 0.507 e. The summed E-state index contributed by atoms with van der Waals surface area (Å²) in [5, 5.41) is 19.5. The summed E-state index contributed by atoms with van der Waals surface area (Å²) < 4.78 is 0. The number of aromatic nitrogens is 1. The molecule has 4 nitrogen and oxygen atoms in total. The number of rotatable bonds is 4. The van der Waals surface area contributed by atoms with E-state index in [1.54, 1.807) is 0 Å². The molecule has 0 spiro atoms. The zero-order valence-corrected chi connectivity index (χ0v) is 9.66. The molecule has 1 heterocycles. The number of carboxylic acid groups (broad SMARTS) is 1. The number of carboxylic acids is 1. The maximum Gasteiger partial charge on any atom is 0.303 e. The quantitative estimate of drug-likeness (QED) is 0.759. The number of phenolic OH excluding ortho intramolecular Hbond substituents is 1. The van der Waals surface area contributed by atoms with Crippen molar-refractivity contribution in [3.63, 3.8) is 0 Å². The van der Waals surface area contributed by atoms with Gasteiger partial charge in [0, 0.05) is 23.5 Å². The van der Waals surface area contributed by atoms with Crippen molar-refractivity contribution in [1.82, 2.24) is 4.98 Å². The molecule has 2 rings (SSSR count). The molecule has 17 heavy (non-hydrogen) atoms. The van der Waals surface area contributed by atoms with Gasteiger partial charge in [-0.1, -0.05) is 6.07 Å². The molecule has 0 amide bonds. The van der Waals surface area contributed by atoms with E-state index in [0.717, 1.165) is 22.0 Å². The van der Waals surface area contributed by atoms with Crippen LogP contribution in [0.5, 0.6) is 5.75 Å². The van der Waals surface area contributed by atoms with Crippen molar-refractivity contribution in [2.24, 2.45) is 0 Å². The minimum Gasteiger partial charge on any atom is -0.507 e. The second-order valence-corrected chi connectivity index (χ2v) is 4.21. The molecule has 1 aromatic heterocycles. The lowest BCUT2D eigenvalue weighted by atomic mass is 10.0. The van der Waals surface area contributed by atoms with Gasteiger partial charge in [-0.25, -0.2) is 0 Å². The standard InChI is InChI=1S/C13H15NO3/c1-8-7-14-10-6-5-9(13(17)12(8)10)3-2-4-11(15)16/h5-7,14,17H,2-4H2,1H3,(H,15,16). The van der Waals surface area contributed by atoms with Crippen molar-refractivity contribution in [2.45, 2.75) is 26.2 Å². The number of aromatic amines is 1. The topological polar surface area (TPSA) is 73.3 Å². The number of aliphatic carboxylic acids is 1. The van der Waals surface area contributed by atoms with Crippen LogP contribution < -0.4 is 0 Å². The van der Waals surface area contributed by atoms with Crippen LogP contribution in [0.1, 0.15) is 24.0 Å². The van der Waals surface area contributed by atoms with Crippen LogP contribution >= 0.6 is 0 Å². The Bertz CT molecular complexity index is 557. The maximum atomic E-state index is 10.4. The molecule has 0 radical (unpaired) electrons. The van der Waals surface area contributed by atoms with Crippen LogP contribution in [-0.4, -0.2) is 21.2 Å². The molecule has 3 N–H and O–H groups in total. The first-order chi connectivity index (χ1) is 8.09. The Morgan fingerprint density at radius 1 is 1.41 bits per heavy atom. The fraction of sp³-hybridized carbons (Fsp3) is 0.308. The van der Waals surface area contributed by atoms with Crippen LogP contribution in [0.25, 0.3) is 10.9 Å². The number of aromatic hydroxyl groups is 1. The van der Waals surface area contributed by atoms with Gasteiger partial charge >= 0.3 is 5.97 Å². The highest BCUT2D eigenvalue weighted by Crippen LogP contribution is 2.31. The zero-order chi connectivity index (χ0) is 12.4. The minimum atomic E-state index is -0.802. The number of carbonyl (C=O) groups is 1. The van der Waals surface area contributed by atoms with E-state index in [0.29, 0.717) is 12.8 Å². The van der Waals surface area contributed by atoms with Gasteiger partial charge in [0.15, 0.2) is 0 Å². The third kappa shape index (κ3) is 2.25. The van der Waals surface area contributed by atoms with E-state index < -0.39 is 5.97 Å². The monoisotopic (exact) mass is 233 g/mol. The van der Waals surface area contributed by atoms with Gasteiger partial charge in [0.05, 0.1) is 0 Å². The molecule has 0 fully saturated rings. The Kier molecular flexibility index (Phi) is 3.04. The summed E-state index contributed by atoms with van der Waals surface area (Å²) in [5.41, 5.74) is 2.71. The van der Waals surface area contributed by atoms with E-state index >= 15 is 0 Å². The van der Waals surface area contributed by atoms with Crippen molar-refractivity contribution in [3.05, 3.63) is 29.5 Å². The van der Waals surface area contributed by atoms with Crippen molar-refractivity contribution < 1.29 is 15.0 Å². The fourth-order valence-corrected chi connectivity index (χ4v) is 2.04. The Morgan fingerprint density at radius 3 is 2.88 bits per heavy atom. The average molecular weight is 233 g/mol. The molecule has 0 aliphatic heterocycles. The zero-order valence-electron chi connectivity index (χ0n) is 9.66. The summed E-state index contributed by atoms with van der Waals surface area (Å²) in [7, 11) is 0. The summed E-state index contributed by atoms with van der Waals surface area (Å²) in [6, 6.07) is 3.76. The first-order valence-corrected chi connectivity index (χ1v) is 5.60. The highest BCUT2D eigenvalue weighted by atomic mass is 16.4. The molecule has 0 saturated heterocycles. The van der Waals surface area contributed by atoms with Crippen LogP contribution in [0.3, 0.4) is 0 Å². The smallest absolute Gasteiger partial charge is 0.303 e. The molecular weight excluding hydrogens is 218 g/mol. The predicted octanol–water partition coefficient (Wildman–Crippen LogP) is 2.59. The summed E-state index contributed by atoms with van der Waals surface area (Å²) in [4.78, 5) is 13.5. The predicted molar refractivity (Wildman–Crippen MR) is 65.3 cm³/mol. The number of nitrogens with one attached hydrogen (secondary N) is 1. The lowest BCUT2D eigenvalue weighted by molar-refractivity contribution is -0.137. The maximum absolute atomic E-state index is 10.4. The van der Waals surface area contributed by atoms with Gasteiger partial charge in [0.25, 0.3) is 0 Å². The number of fused-ring (bicyclic) bond motifs is 1. The fourth-order valence-electron chi connectivity index (χ4n) is 2.04. The lowest BCUT2D eigenvalue weighted by Gasteiger charge is -2.05. The van der Waals surface area contributed by atoms with Crippen molar-refractivity contribution in [3.8, 4) is 5.75 Å². The normalized spacial score (nSPS) is 10.9. The van der Waals surface area contributed by atoms with Gasteiger partial charge in [0.2, 0.25) is 0 Å². The Balaban J connectivity index is 2.26. The Morgan fingerprint density at radius 2 is 2.18 bits per heavy atom.